The van der Waals surface area contributed by atoms with Crippen molar-refractivity contribution >= 4 is 23.5 Å². The molecule has 1 atom stereocenters. The van der Waals surface area contributed by atoms with Gasteiger partial charge in [0.1, 0.15) is 11.8 Å². The number of hydrogen-bond acceptors (Lipinski definition) is 6. The number of Topliss-reactive ketones (excluding diaryl/α,β-unsaturated/α-hetero) is 1. The lowest BCUT2D eigenvalue weighted by molar-refractivity contribution is -0.118. The van der Waals surface area contributed by atoms with Gasteiger partial charge in [0.15, 0.2) is 5.78 Å². The van der Waals surface area contributed by atoms with Crippen LogP contribution in [-0.2, 0) is 10.5 Å². The van der Waals surface area contributed by atoms with E-state index < -0.39 is 0 Å². The normalized spacial score (nSPS) is 18.9. The Kier molecular flexibility index (Phi) is 5.76. The van der Waals surface area contributed by atoms with Crippen molar-refractivity contribution in [3.63, 3.8) is 0 Å². The number of carbonyl (C=O) groups excluding carboxylic acids is 1. The Labute approximate surface area is 204 Å². The lowest BCUT2D eigenvalue weighted by Gasteiger charge is -2.38. The predicted octanol–water partition coefficient (Wildman–Crippen LogP) is 5.85. The molecular weight excluding hydrogens is 444 g/mol. The van der Waals surface area contributed by atoms with Crippen LogP contribution in [0.2, 0.25) is 0 Å². The number of fused-ring (bicyclic) bond motifs is 1. The van der Waals surface area contributed by atoms with Gasteiger partial charge in [0.05, 0.1) is 7.11 Å². The summed E-state index contributed by atoms with van der Waals surface area (Å²) in [6.45, 7) is 8.52. The number of rotatable bonds is 5. The van der Waals surface area contributed by atoms with Gasteiger partial charge in [-0.1, -0.05) is 67.6 Å². The first-order chi connectivity index (χ1) is 16.3. The minimum Gasteiger partial charge on any atom is -0.496 e. The zero-order valence-corrected chi connectivity index (χ0v) is 21.1. The highest BCUT2D eigenvalue weighted by atomic mass is 32.2. The molecule has 1 aliphatic carbocycles. The van der Waals surface area contributed by atoms with Crippen molar-refractivity contribution in [1.29, 1.82) is 0 Å². The molecule has 0 amide bonds. The van der Waals surface area contributed by atoms with Crippen LogP contribution in [0.15, 0.2) is 58.9 Å². The number of hydrogen-bond donors (Lipinski definition) is 1. The average Bonchev–Trinajstić information content (AvgIpc) is 3.20. The van der Waals surface area contributed by atoms with Gasteiger partial charge in [0.2, 0.25) is 11.1 Å². The highest BCUT2D eigenvalue weighted by molar-refractivity contribution is 7.98. The molecule has 3 aromatic rings. The van der Waals surface area contributed by atoms with Gasteiger partial charge in [-0.05, 0) is 42.9 Å². The smallest absolute Gasteiger partial charge is 0.227 e. The van der Waals surface area contributed by atoms with Gasteiger partial charge < -0.3 is 10.1 Å². The Bertz CT molecular complexity index is 1310. The average molecular weight is 475 g/mol. The monoisotopic (exact) mass is 474 g/mol. The SMILES string of the molecule is COc1ccccc1[C@H]1C2=C(CC(C)(C)CC2=O)Nc2nc(SCc3cc(C)ccc3C)nn21. The van der Waals surface area contributed by atoms with Crippen LogP contribution in [-0.4, -0.2) is 27.7 Å². The fourth-order valence-corrected chi connectivity index (χ4v) is 5.82. The number of para-hydroxylation sites is 1. The molecule has 34 heavy (non-hydrogen) atoms. The molecule has 2 heterocycles. The molecule has 2 aromatic carbocycles. The number of aryl methyl sites for hydroxylation is 2. The van der Waals surface area contributed by atoms with Crippen LogP contribution in [0, 0.1) is 19.3 Å². The number of nitrogens with one attached hydrogen (secondary N) is 1. The first-order valence-electron chi connectivity index (χ1n) is 11.6. The van der Waals surface area contributed by atoms with Crippen LogP contribution < -0.4 is 10.1 Å². The fraction of sp³-hybridized carbons (Fsp3) is 0.370. The summed E-state index contributed by atoms with van der Waals surface area (Å²) in [5.41, 5.74) is 6.32. The van der Waals surface area contributed by atoms with Gasteiger partial charge >= 0.3 is 0 Å². The largest absolute Gasteiger partial charge is 0.496 e. The van der Waals surface area contributed by atoms with Crippen molar-refractivity contribution in [2.24, 2.45) is 5.41 Å². The number of thioether (sulfide) groups is 1. The van der Waals surface area contributed by atoms with Gasteiger partial charge in [-0.25, -0.2) is 4.68 Å². The van der Waals surface area contributed by atoms with E-state index in [2.05, 4.69) is 51.2 Å². The van der Waals surface area contributed by atoms with Crippen molar-refractivity contribution in [3.05, 3.63) is 76.0 Å². The highest BCUT2D eigenvalue weighted by Crippen LogP contribution is 2.47. The van der Waals surface area contributed by atoms with Crippen LogP contribution in [0.3, 0.4) is 0 Å². The second-order valence-electron chi connectivity index (χ2n) is 9.98. The Morgan fingerprint density at radius 2 is 1.97 bits per heavy atom. The van der Waals surface area contributed by atoms with Crippen molar-refractivity contribution < 1.29 is 9.53 Å². The molecule has 0 unspecified atom stereocenters. The summed E-state index contributed by atoms with van der Waals surface area (Å²) in [6, 6.07) is 14.0. The minimum atomic E-state index is -0.367. The Morgan fingerprint density at radius 1 is 1.18 bits per heavy atom. The summed E-state index contributed by atoms with van der Waals surface area (Å²) < 4.78 is 7.54. The predicted molar refractivity (Wildman–Crippen MR) is 135 cm³/mol. The molecule has 1 aromatic heterocycles. The van der Waals surface area contributed by atoms with Gasteiger partial charge in [0.25, 0.3) is 0 Å². The lowest BCUT2D eigenvalue weighted by atomic mass is 9.73. The van der Waals surface area contributed by atoms with Gasteiger partial charge in [-0.3, -0.25) is 4.79 Å². The second-order valence-corrected chi connectivity index (χ2v) is 10.9. The fourth-order valence-electron chi connectivity index (χ4n) is 4.93. The number of nitrogens with zero attached hydrogens (tertiary/aromatic N) is 3. The summed E-state index contributed by atoms with van der Waals surface area (Å²) in [6.07, 6.45) is 1.30. The summed E-state index contributed by atoms with van der Waals surface area (Å²) in [5.74, 6) is 2.35. The molecular formula is C27H30N4O2S. The molecule has 0 bridgehead atoms. The topological polar surface area (TPSA) is 69.0 Å². The van der Waals surface area contributed by atoms with Gasteiger partial charge in [-0.15, -0.1) is 5.10 Å². The van der Waals surface area contributed by atoms with Crippen LogP contribution in [0.5, 0.6) is 5.75 Å². The third-order valence-electron chi connectivity index (χ3n) is 6.61. The maximum absolute atomic E-state index is 13.4. The minimum absolute atomic E-state index is 0.100. The highest BCUT2D eigenvalue weighted by Gasteiger charge is 2.42. The molecule has 7 heteroatoms. The summed E-state index contributed by atoms with van der Waals surface area (Å²) >= 11 is 1.61. The maximum atomic E-state index is 13.4. The summed E-state index contributed by atoms with van der Waals surface area (Å²) in [5, 5.41) is 9.02. The van der Waals surface area contributed by atoms with Gasteiger partial charge in [-0.2, -0.15) is 4.98 Å². The Balaban J connectivity index is 1.56. The quantitative estimate of drug-likeness (QED) is 0.468. The molecule has 0 saturated heterocycles. The van der Waals surface area contributed by atoms with Crippen LogP contribution >= 0.6 is 11.8 Å². The molecule has 0 spiro atoms. The standard InChI is InChI=1S/C27H30N4O2S/c1-16-10-11-17(2)18(12-16)15-34-26-29-25-28-20-13-27(3,4)14-21(32)23(20)24(31(25)30-26)19-8-6-7-9-22(19)33-5/h6-12,24H,13-15H2,1-5H3,(H,28,29,30)/t24-/m0/s1. The summed E-state index contributed by atoms with van der Waals surface area (Å²) in [7, 11) is 1.66. The first-order valence-corrected chi connectivity index (χ1v) is 12.6. The van der Waals surface area contributed by atoms with Crippen molar-refractivity contribution in [1.82, 2.24) is 14.8 Å². The van der Waals surface area contributed by atoms with E-state index >= 15 is 0 Å². The number of benzene rings is 2. The summed E-state index contributed by atoms with van der Waals surface area (Å²) in [4.78, 5) is 18.2. The number of methoxy groups -OCH3 is 1. The number of aromatic nitrogens is 3. The molecule has 176 valence electrons. The Hall–Kier alpha value is -3.06. The molecule has 0 radical (unpaired) electrons. The molecule has 1 N–H and O–H groups in total. The van der Waals surface area contributed by atoms with E-state index in [1.165, 1.54) is 16.7 Å². The van der Waals surface area contributed by atoms with Crippen molar-refractivity contribution in [3.8, 4) is 5.75 Å². The van der Waals surface area contributed by atoms with E-state index in [9.17, 15) is 4.79 Å². The van der Waals surface area contributed by atoms with E-state index in [4.69, 9.17) is 14.8 Å². The second kappa shape index (κ2) is 8.62. The van der Waals surface area contributed by atoms with E-state index in [1.54, 1.807) is 18.9 Å². The van der Waals surface area contributed by atoms with Crippen LogP contribution in [0.1, 0.15) is 55.0 Å². The molecule has 2 aliphatic rings. The molecule has 5 rings (SSSR count). The molecule has 0 saturated carbocycles. The number of allylic oxidation sites excluding steroid dienone is 2. The van der Waals surface area contributed by atoms with E-state index in [-0.39, 0.29) is 17.2 Å². The Morgan fingerprint density at radius 3 is 2.76 bits per heavy atom. The first kappa shape index (κ1) is 22.7. The van der Waals surface area contributed by atoms with Gasteiger partial charge in [0, 0.05) is 29.0 Å². The molecule has 6 nitrogen and oxygen atoms in total. The van der Waals surface area contributed by atoms with Crippen molar-refractivity contribution in [2.45, 2.75) is 57.5 Å². The van der Waals surface area contributed by atoms with E-state index in [0.717, 1.165) is 34.8 Å². The number of anilines is 1. The van der Waals surface area contributed by atoms with Crippen LogP contribution in [0.4, 0.5) is 5.95 Å². The zero-order valence-electron chi connectivity index (χ0n) is 20.3. The maximum Gasteiger partial charge on any atom is 0.227 e. The van der Waals surface area contributed by atoms with Crippen molar-refractivity contribution in [2.75, 3.05) is 12.4 Å². The van der Waals surface area contributed by atoms with E-state index in [0.29, 0.717) is 17.5 Å². The zero-order chi connectivity index (χ0) is 24.0. The number of ketones is 1. The molecule has 0 fully saturated rings. The third kappa shape index (κ3) is 4.13. The molecule has 1 aliphatic heterocycles. The lowest BCUT2D eigenvalue weighted by Crippen LogP contribution is -2.36. The van der Waals surface area contributed by atoms with Crippen LogP contribution in [0.25, 0.3) is 0 Å². The van der Waals surface area contributed by atoms with E-state index in [1.807, 2.05) is 28.9 Å². The number of ether oxygens (including phenoxy) is 1. The third-order valence-corrected chi connectivity index (χ3v) is 7.49. The number of carbonyl (C=O) groups is 1.